The molecule has 0 saturated heterocycles. The quantitative estimate of drug-likeness (QED) is 0.485. The molecule has 5 aromatic rings. The fourth-order valence-corrected chi connectivity index (χ4v) is 3.26. The van der Waals surface area contributed by atoms with Crippen molar-refractivity contribution in [2.45, 2.75) is 0 Å². The lowest BCUT2D eigenvalue weighted by Crippen LogP contribution is -1.98. The van der Waals surface area contributed by atoms with E-state index in [2.05, 4.69) is 57.1 Å². The van der Waals surface area contributed by atoms with Gasteiger partial charge in [0.05, 0.1) is 16.7 Å². The molecule has 0 aliphatic rings. The second-order valence-corrected chi connectivity index (χ2v) is 5.69. The van der Waals surface area contributed by atoms with Gasteiger partial charge in [0.25, 0.3) is 0 Å². The maximum atomic E-state index is 4.55. The van der Waals surface area contributed by atoms with E-state index in [1.165, 1.54) is 10.8 Å². The van der Waals surface area contributed by atoms with E-state index in [1.807, 2.05) is 41.3 Å². The molecule has 0 N–H and O–H groups in total. The lowest BCUT2D eigenvalue weighted by molar-refractivity contribution is 0.881. The first-order valence-corrected chi connectivity index (χ1v) is 7.86. The highest BCUT2D eigenvalue weighted by Crippen LogP contribution is 2.32. The molecule has 24 heavy (non-hydrogen) atoms. The van der Waals surface area contributed by atoms with Crippen molar-refractivity contribution >= 4 is 21.8 Å². The topological polar surface area (TPSA) is 35.6 Å². The van der Waals surface area contributed by atoms with Gasteiger partial charge in [0.15, 0.2) is 0 Å². The molecular formula is C20H14N4. The highest BCUT2D eigenvalue weighted by molar-refractivity contribution is 6.09. The zero-order valence-electron chi connectivity index (χ0n) is 12.9. The van der Waals surface area contributed by atoms with Crippen LogP contribution in [0.15, 0.2) is 85.3 Å². The molecule has 114 valence electrons. The number of para-hydroxylation sites is 1. The van der Waals surface area contributed by atoms with Crippen molar-refractivity contribution in [3.63, 3.8) is 0 Å². The van der Waals surface area contributed by atoms with Crippen molar-refractivity contribution in [1.82, 2.24) is 19.3 Å². The van der Waals surface area contributed by atoms with E-state index in [1.54, 1.807) is 6.20 Å². The molecule has 0 fully saturated rings. The molecule has 0 atom stereocenters. The van der Waals surface area contributed by atoms with Crippen LogP contribution in [0.1, 0.15) is 0 Å². The summed E-state index contributed by atoms with van der Waals surface area (Å²) in [7, 11) is 0. The first kappa shape index (κ1) is 13.1. The summed E-state index contributed by atoms with van der Waals surface area (Å²) in [5, 5.41) is 6.78. The van der Waals surface area contributed by atoms with Crippen LogP contribution in [0.5, 0.6) is 0 Å². The minimum Gasteiger partial charge on any atom is -0.294 e. The Morgan fingerprint density at radius 1 is 0.708 bits per heavy atom. The SMILES string of the molecule is c1ccc(-n2c3ccccc3c3ccc(-n4cccn4)cc32)nc1. The van der Waals surface area contributed by atoms with Gasteiger partial charge in [-0.05, 0) is 36.4 Å². The van der Waals surface area contributed by atoms with Crippen molar-refractivity contribution in [2.24, 2.45) is 0 Å². The van der Waals surface area contributed by atoms with Crippen molar-refractivity contribution in [3.05, 3.63) is 85.3 Å². The van der Waals surface area contributed by atoms with Gasteiger partial charge in [-0.2, -0.15) is 5.10 Å². The summed E-state index contributed by atoms with van der Waals surface area (Å²) in [5.74, 6) is 0.918. The van der Waals surface area contributed by atoms with Crippen LogP contribution in [0.3, 0.4) is 0 Å². The van der Waals surface area contributed by atoms with Gasteiger partial charge in [-0.25, -0.2) is 9.67 Å². The van der Waals surface area contributed by atoms with E-state index < -0.39 is 0 Å². The molecule has 4 nitrogen and oxygen atoms in total. The Balaban J connectivity index is 1.91. The predicted octanol–water partition coefficient (Wildman–Crippen LogP) is 4.36. The third kappa shape index (κ3) is 1.86. The van der Waals surface area contributed by atoms with Crippen LogP contribution in [0, 0.1) is 0 Å². The Morgan fingerprint density at radius 2 is 1.58 bits per heavy atom. The van der Waals surface area contributed by atoms with Crippen LogP contribution >= 0.6 is 0 Å². The molecule has 0 aliphatic heterocycles. The van der Waals surface area contributed by atoms with Crippen LogP contribution < -0.4 is 0 Å². The molecule has 3 heterocycles. The van der Waals surface area contributed by atoms with Crippen molar-refractivity contribution in [3.8, 4) is 11.5 Å². The van der Waals surface area contributed by atoms with E-state index in [0.29, 0.717) is 0 Å². The van der Waals surface area contributed by atoms with Crippen molar-refractivity contribution in [2.75, 3.05) is 0 Å². The zero-order valence-corrected chi connectivity index (χ0v) is 12.9. The van der Waals surface area contributed by atoms with Gasteiger partial charge in [0, 0.05) is 29.4 Å². The number of hydrogen-bond donors (Lipinski definition) is 0. The summed E-state index contributed by atoms with van der Waals surface area (Å²) in [6.07, 6.45) is 5.57. The van der Waals surface area contributed by atoms with Crippen molar-refractivity contribution in [1.29, 1.82) is 0 Å². The van der Waals surface area contributed by atoms with E-state index in [0.717, 1.165) is 22.5 Å². The molecule has 0 aliphatic carbocycles. The van der Waals surface area contributed by atoms with Gasteiger partial charge in [0.1, 0.15) is 5.82 Å². The number of nitrogens with zero attached hydrogens (tertiary/aromatic N) is 4. The van der Waals surface area contributed by atoms with Crippen LogP contribution in [-0.4, -0.2) is 19.3 Å². The number of fused-ring (bicyclic) bond motifs is 3. The Morgan fingerprint density at radius 3 is 2.42 bits per heavy atom. The van der Waals surface area contributed by atoms with Crippen LogP contribution in [0.25, 0.3) is 33.3 Å². The maximum absolute atomic E-state index is 4.55. The zero-order chi connectivity index (χ0) is 15.9. The van der Waals surface area contributed by atoms with E-state index in [4.69, 9.17) is 0 Å². The summed E-state index contributed by atoms with van der Waals surface area (Å²) in [6.45, 7) is 0. The van der Waals surface area contributed by atoms with E-state index in [9.17, 15) is 0 Å². The number of aromatic nitrogens is 4. The molecule has 0 radical (unpaired) electrons. The largest absolute Gasteiger partial charge is 0.294 e. The predicted molar refractivity (Wildman–Crippen MR) is 95.7 cm³/mol. The second-order valence-electron chi connectivity index (χ2n) is 5.69. The normalized spacial score (nSPS) is 11.3. The van der Waals surface area contributed by atoms with Crippen molar-refractivity contribution < 1.29 is 0 Å². The summed E-state index contributed by atoms with van der Waals surface area (Å²) in [5.41, 5.74) is 3.32. The first-order valence-electron chi connectivity index (χ1n) is 7.86. The molecule has 0 spiro atoms. The van der Waals surface area contributed by atoms with E-state index in [-0.39, 0.29) is 0 Å². The highest BCUT2D eigenvalue weighted by Gasteiger charge is 2.13. The number of pyridine rings is 1. The van der Waals surface area contributed by atoms with Gasteiger partial charge in [-0.3, -0.25) is 4.57 Å². The molecule has 0 bridgehead atoms. The van der Waals surface area contributed by atoms with Crippen LogP contribution in [0.2, 0.25) is 0 Å². The maximum Gasteiger partial charge on any atom is 0.137 e. The lowest BCUT2D eigenvalue weighted by atomic mass is 10.1. The summed E-state index contributed by atoms with van der Waals surface area (Å²) in [6, 6.07) is 22.8. The monoisotopic (exact) mass is 310 g/mol. The standard InChI is InChI=1S/C20H14N4/c1-2-7-18-16(6-1)17-10-9-15(23-13-5-12-22-23)14-19(17)24(18)20-8-3-4-11-21-20/h1-14H. The molecule has 2 aromatic carbocycles. The van der Waals surface area contributed by atoms with Gasteiger partial charge < -0.3 is 0 Å². The summed E-state index contributed by atoms with van der Waals surface area (Å²) >= 11 is 0. The fraction of sp³-hybridized carbons (Fsp3) is 0. The Kier molecular flexibility index (Phi) is 2.76. The number of benzene rings is 2. The molecule has 3 aromatic heterocycles. The Bertz CT molecular complexity index is 1140. The smallest absolute Gasteiger partial charge is 0.137 e. The summed E-state index contributed by atoms with van der Waals surface area (Å²) < 4.78 is 4.08. The lowest BCUT2D eigenvalue weighted by Gasteiger charge is -2.07. The van der Waals surface area contributed by atoms with Gasteiger partial charge in [-0.1, -0.05) is 30.3 Å². The minimum absolute atomic E-state index is 0.918. The van der Waals surface area contributed by atoms with Gasteiger partial charge in [0.2, 0.25) is 0 Å². The second kappa shape index (κ2) is 5.06. The number of rotatable bonds is 2. The molecule has 4 heteroatoms. The van der Waals surface area contributed by atoms with E-state index >= 15 is 0 Å². The Hall–Kier alpha value is -3.40. The molecule has 0 unspecified atom stereocenters. The molecular weight excluding hydrogens is 296 g/mol. The Labute approximate surface area is 138 Å². The third-order valence-corrected chi connectivity index (χ3v) is 4.30. The average Bonchev–Trinajstić information content (AvgIpc) is 3.28. The fourth-order valence-electron chi connectivity index (χ4n) is 3.26. The van der Waals surface area contributed by atoms with Crippen LogP contribution in [0.4, 0.5) is 0 Å². The molecule has 0 saturated carbocycles. The summed E-state index contributed by atoms with van der Waals surface area (Å²) in [4.78, 5) is 4.55. The minimum atomic E-state index is 0.918. The average molecular weight is 310 g/mol. The first-order chi connectivity index (χ1) is 11.9. The number of hydrogen-bond acceptors (Lipinski definition) is 2. The van der Waals surface area contributed by atoms with Gasteiger partial charge in [-0.15, -0.1) is 0 Å². The highest BCUT2D eigenvalue weighted by atomic mass is 15.3. The molecule has 0 amide bonds. The third-order valence-electron chi connectivity index (χ3n) is 4.30. The van der Waals surface area contributed by atoms with Crippen LogP contribution in [-0.2, 0) is 0 Å². The molecule has 5 rings (SSSR count). The van der Waals surface area contributed by atoms with Gasteiger partial charge >= 0.3 is 0 Å².